The van der Waals surface area contributed by atoms with Gasteiger partial charge in [-0.3, -0.25) is 9.59 Å². The first-order chi connectivity index (χ1) is 27.0. The molecule has 1 amide bonds. The summed E-state index contributed by atoms with van der Waals surface area (Å²) < 4.78 is 5.46. The van der Waals surface area contributed by atoms with Gasteiger partial charge in [-0.1, -0.05) is 239 Å². The summed E-state index contributed by atoms with van der Waals surface area (Å²) in [4.78, 5) is 24.5. The molecule has 0 saturated carbocycles. The molecule has 2 atom stereocenters. The van der Waals surface area contributed by atoms with Crippen LogP contribution in [0.5, 0.6) is 0 Å². The standard InChI is InChI=1S/C49H97NO5/c1-3-5-7-9-11-13-15-17-18-19-20-21-23-27-31-35-39-43-49(54)55-44-40-36-32-28-24-26-30-34-38-42-48(53)50-46(45-51)47(52)41-37-33-29-25-22-16-14-12-10-8-6-4-2/h46-47,51-52H,3-45H2,1-2H3,(H,50,53). The molecule has 3 N–H and O–H groups in total. The molecule has 0 aliphatic heterocycles. The van der Waals surface area contributed by atoms with E-state index in [4.69, 9.17) is 4.74 Å². The van der Waals surface area contributed by atoms with Crippen molar-refractivity contribution in [2.45, 2.75) is 289 Å². The molecule has 0 heterocycles. The number of aliphatic hydroxyl groups excluding tert-OH is 2. The summed E-state index contributed by atoms with van der Waals surface area (Å²) in [6.07, 6.45) is 49.2. The Labute approximate surface area is 343 Å². The first-order valence-corrected chi connectivity index (χ1v) is 24.8. The van der Waals surface area contributed by atoms with Crippen molar-refractivity contribution >= 4 is 11.9 Å². The fraction of sp³-hybridized carbons (Fsp3) is 0.959. The smallest absolute Gasteiger partial charge is 0.305 e. The lowest BCUT2D eigenvalue weighted by molar-refractivity contribution is -0.143. The highest BCUT2D eigenvalue weighted by molar-refractivity contribution is 5.76. The van der Waals surface area contributed by atoms with Crippen molar-refractivity contribution < 1.29 is 24.5 Å². The fourth-order valence-electron chi connectivity index (χ4n) is 7.82. The van der Waals surface area contributed by atoms with Crippen LogP contribution in [-0.2, 0) is 14.3 Å². The van der Waals surface area contributed by atoms with Gasteiger partial charge in [-0.2, -0.15) is 0 Å². The Morgan fingerprint density at radius 2 is 0.745 bits per heavy atom. The van der Waals surface area contributed by atoms with Crippen molar-refractivity contribution in [1.82, 2.24) is 5.32 Å². The molecular weight excluding hydrogens is 683 g/mol. The molecule has 0 aromatic carbocycles. The zero-order chi connectivity index (χ0) is 40.1. The quantitative estimate of drug-likeness (QED) is 0.0422. The average molecular weight is 780 g/mol. The molecule has 0 aliphatic carbocycles. The number of unbranched alkanes of at least 4 members (excludes halogenated alkanes) is 35. The first kappa shape index (κ1) is 53.9. The van der Waals surface area contributed by atoms with Crippen molar-refractivity contribution in [3.8, 4) is 0 Å². The molecule has 0 aromatic rings. The third kappa shape index (κ3) is 42.3. The topological polar surface area (TPSA) is 95.9 Å². The van der Waals surface area contributed by atoms with Crippen LogP contribution in [0.25, 0.3) is 0 Å². The molecule has 2 unspecified atom stereocenters. The first-order valence-electron chi connectivity index (χ1n) is 24.8. The van der Waals surface area contributed by atoms with Gasteiger partial charge in [0.15, 0.2) is 0 Å². The normalized spacial score (nSPS) is 12.6. The van der Waals surface area contributed by atoms with Gasteiger partial charge in [-0.25, -0.2) is 0 Å². The molecular formula is C49H97NO5. The van der Waals surface area contributed by atoms with Gasteiger partial charge in [0.2, 0.25) is 5.91 Å². The summed E-state index contributed by atoms with van der Waals surface area (Å²) >= 11 is 0. The van der Waals surface area contributed by atoms with Gasteiger partial charge in [0.1, 0.15) is 0 Å². The molecule has 0 saturated heterocycles. The number of amides is 1. The van der Waals surface area contributed by atoms with E-state index < -0.39 is 12.1 Å². The molecule has 55 heavy (non-hydrogen) atoms. The lowest BCUT2D eigenvalue weighted by atomic mass is 10.0. The Morgan fingerprint density at radius 3 is 1.11 bits per heavy atom. The fourth-order valence-corrected chi connectivity index (χ4v) is 7.82. The highest BCUT2D eigenvalue weighted by atomic mass is 16.5. The highest BCUT2D eigenvalue weighted by Gasteiger charge is 2.20. The Kier molecular flexibility index (Phi) is 44.6. The van der Waals surface area contributed by atoms with Gasteiger partial charge in [-0.05, 0) is 25.7 Å². The van der Waals surface area contributed by atoms with Crippen LogP contribution in [0.3, 0.4) is 0 Å². The van der Waals surface area contributed by atoms with Crippen LogP contribution in [0.2, 0.25) is 0 Å². The minimum atomic E-state index is -0.678. The number of nitrogens with one attached hydrogen (secondary N) is 1. The van der Waals surface area contributed by atoms with Crippen molar-refractivity contribution in [3.05, 3.63) is 0 Å². The Hall–Kier alpha value is -1.14. The van der Waals surface area contributed by atoms with Crippen molar-refractivity contribution in [2.75, 3.05) is 13.2 Å². The van der Waals surface area contributed by atoms with Crippen LogP contribution in [-0.4, -0.2) is 47.4 Å². The number of rotatable bonds is 46. The number of carbonyl (C=O) groups is 2. The van der Waals surface area contributed by atoms with E-state index in [0.717, 1.165) is 57.8 Å². The van der Waals surface area contributed by atoms with Gasteiger partial charge in [0, 0.05) is 12.8 Å². The van der Waals surface area contributed by atoms with Gasteiger partial charge >= 0.3 is 5.97 Å². The maximum Gasteiger partial charge on any atom is 0.305 e. The van der Waals surface area contributed by atoms with Crippen LogP contribution in [0.1, 0.15) is 277 Å². The van der Waals surface area contributed by atoms with E-state index in [9.17, 15) is 19.8 Å². The zero-order valence-corrected chi connectivity index (χ0v) is 37.2. The van der Waals surface area contributed by atoms with Crippen LogP contribution >= 0.6 is 0 Å². The third-order valence-electron chi connectivity index (χ3n) is 11.7. The van der Waals surface area contributed by atoms with E-state index in [1.165, 1.54) is 186 Å². The summed E-state index contributed by atoms with van der Waals surface area (Å²) in [7, 11) is 0. The molecule has 6 nitrogen and oxygen atoms in total. The van der Waals surface area contributed by atoms with Crippen molar-refractivity contribution in [2.24, 2.45) is 0 Å². The van der Waals surface area contributed by atoms with Crippen LogP contribution < -0.4 is 5.32 Å². The predicted octanol–water partition coefficient (Wildman–Crippen LogP) is 14.4. The molecule has 0 aromatic heterocycles. The van der Waals surface area contributed by atoms with Gasteiger partial charge in [-0.15, -0.1) is 0 Å². The van der Waals surface area contributed by atoms with E-state index in [1.807, 2.05) is 0 Å². The number of hydrogen-bond donors (Lipinski definition) is 3. The van der Waals surface area contributed by atoms with Crippen LogP contribution in [0.15, 0.2) is 0 Å². The summed E-state index contributed by atoms with van der Waals surface area (Å²) in [6.45, 7) is 4.90. The minimum absolute atomic E-state index is 0.0208. The molecule has 0 radical (unpaired) electrons. The minimum Gasteiger partial charge on any atom is -0.466 e. The molecule has 0 aliphatic rings. The summed E-state index contributed by atoms with van der Waals surface area (Å²) in [5.41, 5.74) is 0. The van der Waals surface area contributed by atoms with Crippen LogP contribution in [0.4, 0.5) is 0 Å². The number of hydrogen-bond acceptors (Lipinski definition) is 5. The summed E-state index contributed by atoms with van der Waals surface area (Å²) in [5, 5.41) is 23.1. The average Bonchev–Trinajstić information content (AvgIpc) is 3.18. The van der Waals surface area contributed by atoms with Crippen molar-refractivity contribution in [3.63, 3.8) is 0 Å². The molecule has 6 heteroatoms. The van der Waals surface area contributed by atoms with E-state index in [1.54, 1.807) is 0 Å². The SMILES string of the molecule is CCCCCCCCCCCCCCCCCCCC(=O)OCCCCCCCCCCCC(=O)NC(CO)C(O)CCCCCCCCCCCCCC. The number of esters is 1. The van der Waals surface area contributed by atoms with Gasteiger partial charge in [0.05, 0.1) is 25.4 Å². The lowest BCUT2D eigenvalue weighted by Gasteiger charge is -2.22. The van der Waals surface area contributed by atoms with Crippen molar-refractivity contribution in [1.29, 1.82) is 0 Å². The summed E-state index contributed by atoms with van der Waals surface area (Å²) in [6, 6.07) is -0.558. The van der Waals surface area contributed by atoms with E-state index in [2.05, 4.69) is 19.2 Å². The second-order valence-electron chi connectivity index (χ2n) is 17.2. The predicted molar refractivity (Wildman–Crippen MR) is 237 cm³/mol. The largest absolute Gasteiger partial charge is 0.466 e. The highest BCUT2D eigenvalue weighted by Crippen LogP contribution is 2.17. The lowest BCUT2D eigenvalue weighted by Crippen LogP contribution is -2.45. The van der Waals surface area contributed by atoms with Gasteiger partial charge < -0.3 is 20.3 Å². The van der Waals surface area contributed by atoms with E-state index >= 15 is 0 Å². The van der Waals surface area contributed by atoms with Gasteiger partial charge in [0.25, 0.3) is 0 Å². The van der Waals surface area contributed by atoms with E-state index in [0.29, 0.717) is 25.9 Å². The maximum absolute atomic E-state index is 12.4. The number of aliphatic hydroxyl groups is 2. The second-order valence-corrected chi connectivity index (χ2v) is 17.2. The van der Waals surface area contributed by atoms with E-state index in [-0.39, 0.29) is 18.5 Å². The Balaban J connectivity index is 3.45. The maximum atomic E-state index is 12.4. The molecule has 0 fully saturated rings. The molecule has 0 spiro atoms. The third-order valence-corrected chi connectivity index (χ3v) is 11.7. The zero-order valence-electron chi connectivity index (χ0n) is 37.2. The molecule has 0 rings (SSSR count). The Bertz CT molecular complexity index is 776. The molecule has 0 bridgehead atoms. The Morgan fingerprint density at radius 1 is 0.436 bits per heavy atom. The monoisotopic (exact) mass is 780 g/mol. The summed E-state index contributed by atoms with van der Waals surface area (Å²) in [5.74, 6) is -0.0822. The number of ether oxygens (including phenoxy) is 1. The van der Waals surface area contributed by atoms with Crippen LogP contribution in [0, 0.1) is 0 Å². The second kappa shape index (κ2) is 45.6. The number of carbonyl (C=O) groups excluding carboxylic acids is 2. The molecule has 328 valence electrons.